The summed E-state index contributed by atoms with van der Waals surface area (Å²) in [4.78, 5) is 26.6. The number of ether oxygens (including phenoxy) is 9. The molecule has 26 heteroatoms. The normalized spacial score (nSPS) is 52.2. The highest BCUT2D eigenvalue weighted by Crippen LogP contribution is 2.76. The zero-order chi connectivity index (χ0) is 61.7. The van der Waals surface area contributed by atoms with E-state index in [1.807, 2.05) is 6.92 Å². The number of esters is 1. The Morgan fingerprint density at radius 1 is 0.631 bits per heavy atom. The molecule has 30 atom stereocenters. The quantitative estimate of drug-likeness (QED) is 0.0352. The van der Waals surface area contributed by atoms with E-state index >= 15 is 0 Å². The molecular formula is C58H92O26. The molecule has 84 heavy (non-hydrogen) atoms. The maximum atomic E-state index is 13.4. The summed E-state index contributed by atoms with van der Waals surface area (Å²) in [6.07, 6.45) is -32.0. The highest BCUT2D eigenvalue weighted by Gasteiger charge is 2.73. The molecular weight excluding hydrogens is 1110 g/mol. The van der Waals surface area contributed by atoms with E-state index in [0.717, 1.165) is 5.57 Å². The predicted molar refractivity (Wildman–Crippen MR) is 285 cm³/mol. The molecule has 4 saturated carbocycles. The molecule has 9 aliphatic rings. The summed E-state index contributed by atoms with van der Waals surface area (Å²) in [5.74, 6) is -2.94. The molecule has 4 heterocycles. The van der Waals surface area contributed by atoms with Crippen LogP contribution < -0.4 is 0 Å². The number of fused-ring (bicyclic) bond motifs is 7. The van der Waals surface area contributed by atoms with Crippen molar-refractivity contribution in [3.63, 3.8) is 0 Å². The van der Waals surface area contributed by atoms with E-state index < -0.39 is 207 Å². The number of allylic oxidation sites excluding steroid dienone is 3. The van der Waals surface area contributed by atoms with Gasteiger partial charge in [0.1, 0.15) is 91.6 Å². The van der Waals surface area contributed by atoms with Crippen molar-refractivity contribution in [2.45, 2.75) is 242 Å². The number of aliphatic carboxylic acids is 1. The molecule has 0 spiro atoms. The summed E-state index contributed by atoms with van der Waals surface area (Å²) in [7, 11) is 0. The molecule has 0 aromatic rings. The number of aliphatic hydroxyl groups excluding tert-OH is 14. The van der Waals surface area contributed by atoms with Crippen molar-refractivity contribution in [2.75, 3.05) is 33.0 Å². The predicted octanol–water partition coefficient (Wildman–Crippen LogP) is -2.40. The van der Waals surface area contributed by atoms with Gasteiger partial charge in [-0.25, -0.2) is 9.59 Å². The Morgan fingerprint density at radius 3 is 1.79 bits per heavy atom. The second kappa shape index (κ2) is 24.4. The van der Waals surface area contributed by atoms with Gasteiger partial charge in [0.05, 0.1) is 50.7 Å². The van der Waals surface area contributed by atoms with E-state index in [9.17, 15) is 86.2 Å². The van der Waals surface area contributed by atoms with Gasteiger partial charge in [-0.2, -0.15) is 0 Å². The lowest BCUT2D eigenvalue weighted by Gasteiger charge is -2.72. The molecule has 4 saturated heterocycles. The van der Waals surface area contributed by atoms with Crippen LogP contribution in [-0.4, -0.2) is 257 Å². The largest absolute Gasteiger partial charge is 0.479 e. The number of hydrogen-bond acceptors (Lipinski definition) is 25. The van der Waals surface area contributed by atoms with Crippen LogP contribution in [0.1, 0.15) is 107 Å². The summed E-state index contributed by atoms with van der Waals surface area (Å²) in [5.41, 5.74) is -2.72. The fraction of sp³-hybridized carbons (Fsp3) is 0.897. The van der Waals surface area contributed by atoms with Crippen LogP contribution in [0.15, 0.2) is 23.3 Å². The third kappa shape index (κ3) is 10.8. The Labute approximate surface area is 487 Å². The number of carboxylic acid groups (broad SMARTS) is 1. The van der Waals surface area contributed by atoms with Crippen LogP contribution >= 0.6 is 0 Å². The fourth-order valence-corrected chi connectivity index (χ4v) is 17.1. The molecule has 0 amide bonds. The van der Waals surface area contributed by atoms with Crippen molar-refractivity contribution in [2.24, 2.45) is 50.2 Å². The number of carboxylic acids is 1. The van der Waals surface area contributed by atoms with E-state index in [1.54, 1.807) is 19.9 Å². The van der Waals surface area contributed by atoms with Gasteiger partial charge in [-0.3, -0.25) is 0 Å². The van der Waals surface area contributed by atoms with Gasteiger partial charge in [0.25, 0.3) is 0 Å². The van der Waals surface area contributed by atoms with Crippen LogP contribution in [0.5, 0.6) is 0 Å². The van der Waals surface area contributed by atoms with Crippen molar-refractivity contribution >= 4 is 11.9 Å². The van der Waals surface area contributed by atoms with E-state index in [-0.39, 0.29) is 36.0 Å². The van der Waals surface area contributed by atoms with Crippen LogP contribution in [0.25, 0.3) is 0 Å². The van der Waals surface area contributed by atoms with E-state index in [1.165, 1.54) is 0 Å². The Bertz CT molecular complexity index is 2410. The first-order valence-corrected chi connectivity index (χ1v) is 29.6. The van der Waals surface area contributed by atoms with Gasteiger partial charge >= 0.3 is 11.9 Å². The summed E-state index contributed by atoms with van der Waals surface area (Å²) >= 11 is 0. The van der Waals surface area contributed by atoms with E-state index in [4.69, 9.17) is 42.6 Å². The van der Waals surface area contributed by atoms with E-state index in [2.05, 4.69) is 40.7 Å². The summed E-state index contributed by atoms with van der Waals surface area (Å²) in [6.45, 7) is 12.9. The van der Waals surface area contributed by atoms with Crippen molar-refractivity contribution < 1.29 is 129 Å². The van der Waals surface area contributed by atoms with Crippen molar-refractivity contribution in [1.82, 2.24) is 0 Å². The zero-order valence-electron chi connectivity index (χ0n) is 49.0. The lowest BCUT2D eigenvalue weighted by Crippen LogP contribution is -2.70. The van der Waals surface area contributed by atoms with Crippen LogP contribution in [0.3, 0.4) is 0 Å². The van der Waals surface area contributed by atoms with Gasteiger partial charge in [0.2, 0.25) is 0 Å². The molecule has 15 N–H and O–H groups in total. The minimum absolute atomic E-state index is 0.0549. The highest BCUT2D eigenvalue weighted by atomic mass is 16.8. The second-order valence-electron chi connectivity index (χ2n) is 27.3. The first kappa shape index (κ1) is 66.0. The van der Waals surface area contributed by atoms with Crippen LogP contribution in [0.2, 0.25) is 0 Å². The SMILES string of the molecule is C/C=C(/C)C(=O)OC1CC(C)(C)C[C@H]2C3=CC[C@@H]4[C@@]5(C)CC[C@H](O[C@@H]6O[C@H](C(=O)O)[C@@H](O)[C@H](O[C@@H]7OC[C@H](O)[C@H](O)[C@H]7O[C@@H]7O[C@H](CO)[C@@H](O)[C@H](O)[C@H]7O)[C@H]6O[C@@H]6O[C@H](CO)[C@@H](O)[C@H](O)[C@H]6O)[C@@](C)(CO)[C@@H]5CC[C@]4(C)[C@]3(C)C[C@@H](O)[C@@]12CO. The molecule has 0 radical (unpaired) electrons. The summed E-state index contributed by atoms with van der Waals surface area (Å²) in [5, 5.41) is 166. The molecule has 0 aromatic carbocycles. The maximum absolute atomic E-state index is 13.4. The lowest BCUT2D eigenvalue weighted by atomic mass is 9.33. The number of carbonyl (C=O) groups excluding carboxylic acids is 1. The van der Waals surface area contributed by atoms with Gasteiger partial charge in [0.15, 0.2) is 31.3 Å². The Kier molecular flexibility index (Phi) is 19.2. The van der Waals surface area contributed by atoms with Gasteiger partial charge < -0.3 is 119 Å². The van der Waals surface area contributed by atoms with Crippen molar-refractivity contribution in [1.29, 1.82) is 0 Å². The summed E-state index contributed by atoms with van der Waals surface area (Å²) < 4.78 is 54.8. The standard InChI is InChI=1S/C58H92O26/c1-9-24(2)48(75)79-34-18-53(3,4)16-26-25-10-11-31-54(5)14-13-33(55(6,22-61)30(54)12-15-56(31,7)57(25,8)17-32(64)58(26,34)23-62)80-52-46(84-50-41(71)39(69)37(67)29(20-60)78-50)43(42(72)44(82-52)47(73)74)81-51-45(35(65)27(63)21-76-51)83-49-40(70)38(68)36(66)28(19-59)77-49/h9-10,26-46,49-52,59-72H,11-23H2,1-8H3,(H,73,74)/b24-9-/t26-,27-,28+,29+,30+,31+,32+,33-,34?,35-,36+,37+,38-,39-,40+,41+,42-,43-,44-,45+,46+,49-,50-,51-,52+,54-,55-,56-,57+,58-/m0/s1. The minimum Gasteiger partial charge on any atom is -0.479 e. The third-order valence-corrected chi connectivity index (χ3v) is 22.3. The van der Waals surface area contributed by atoms with Crippen LogP contribution in [-0.2, 0) is 52.2 Å². The van der Waals surface area contributed by atoms with E-state index in [0.29, 0.717) is 44.1 Å². The number of aliphatic hydroxyl groups is 14. The van der Waals surface area contributed by atoms with Crippen molar-refractivity contribution in [3.8, 4) is 0 Å². The smallest absolute Gasteiger partial charge is 0.335 e. The molecule has 0 aromatic heterocycles. The van der Waals surface area contributed by atoms with Crippen molar-refractivity contribution in [3.05, 3.63) is 23.3 Å². The number of hydrogen-bond donors (Lipinski definition) is 15. The average molecular weight is 1210 g/mol. The Hall–Kier alpha value is -2.46. The number of carbonyl (C=O) groups is 2. The van der Waals surface area contributed by atoms with Crippen LogP contribution in [0.4, 0.5) is 0 Å². The van der Waals surface area contributed by atoms with Crippen LogP contribution in [0, 0.1) is 50.2 Å². The molecule has 0 bridgehead atoms. The molecule has 8 fully saturated rings. The van der Waals surface area contributed by atoms with Gasteiger partial charge in [-0.15, -0.1) is 0 Å². The van der Waals surface area contributed by atoms with Gasteiger partial charge in [-0.05, 0) is 105 Å². The summed E-state index contributed by atoms with van der Waals surface area (Å²) in [6, 6.07) is 0. The zero-order valence-corrected chi connectivity index (χ0v) is 49.0. The Morgan fingerprint density at radius 2 is 1.23 bits per heavy atom. The topological polar surface area (TPSA) is 421 Å². The first-order valence-electron chi connectivity index (χ1n) is 29.6. The molecule has 9 rings (SSSR count). The molecule has 4 aliphatic heterocycles. The molecule has 480 valence electrons. The molecule has 26 nitrogen and oxygen atoms in total. The lowest BCUT2D eigenvalue weighted by molar-refractivity contribution is -0.401. The highest BCUT2D eigenvalue weighted by molar-refractivity contribution is 5.87. The molecule has 5 aliphatic carbocycles. The Balaban J connectivity index is 1.05. The van der Waals surface area contributed by atoms with Gasteiger partial charge in [0, 0.05) is 11.0 Å². The maximum Gasteiger partial charge on any atom is 0.335 e. The average Bonchev–Trinajstić information content (AvgIpc) is 0.764. The second-order valence-corrected chi connectivity index (χ2v) is 27.3. The monoisotopic (exact) mass is 1200 g/mol. The number of rotatable bonds is 15. The minimum atomic E-state index is -2.28. The fourth-order valence-electron chi connectivity index (χ4n) is 17.1. The third-order valence-electron chi connectivity index (χ3n) is 22.3. The first-order chi connectivity index (χ1) is 39.4. The van der Waals surface area contributed by atoms with Gasteiger partial charge in [-0.1, -0.05) is 59.3 Å². The molecule has 1 unspecified atom stereocenters.